The summed E-state index contributed by atoms with van der Waals surface area (Å²) in [5.74, 6) is 0.399. The number of benzene rings is 3. The Morgan fingerprint density at radius 2 is 1.54 bits per heavy atom. The monoisotopic (exact) mass is 524 g/mol. The van der Waals surface area contributed by atoms with E-state index >= 15 is 0 Å². The van der Waals surface area contributed by atoms with Gasteiger partial charge in [-0.2, -0.15) is 0 Å². The quantitative estimate of drug-likeness (QED) is 0.184. The first-order valence-corrected chi connectivity index (χ1v) is 14.1. The molecule has 39 heavy (non-hydrogen) atoms. The molecule has 0 aliphatic heterocycles. The Balaban J connectivity index is 1.39. The van der Waals surface area contributed by atoms with Crippen LogP contribution < -0.4 is 16.4 Å². The predicted octanol–water partition coefficient (Wildman–Crippen LogP) is 7.12. The molecule has 0 saturated heterocycles. The normalized spacial score (nSPS) is 13.8. The number of hydrogen-bond acceptors (Lipinski definition) is 3. The molecule has 0 atom stereocenters. The number of unbranched alkanes of at least 4 members (excludes halogenated alkanes) is 1. The van der Waals surface area contributed by atoms with E-state index in [9.17, 15) is 9.59 Å². The van der Waals surface area contributed by atoms with Crippen molar-refractivity contribution in [3.63, 3.8) is 0 Å². The van der Waals surface area contributed by atoms with E-state index in [4.69, 9.17) is 5.73 Å². The molecule has 3 amide bonds. The van der Waals surface area contributed by atoms with E-state index in [2.05, 4.69) is 22.8 Å². The number of nitrogens with one attached hydrogen (secondary N) is 2. The van der Waals surface area contributed by atoms with Gasteiger partial charge >= 0.3 is 6.03 Å². The zero-order valence-electron chi connectivity index (χ0n) is 22.6. The van der Waals surface area contributed by atoms with Crippen LogP contribution in [0.25, 0.3) is 12.2 Å². The average Bonchev–Trinajstić information content (AvgIpc) is 2.97. The molecule has 204 valence electrons. The van der Waals surface area contributed by atoms with Crippen molar-refractivity contribution in [3.8, 4) is 0 Å². The fourth-order valence-electron chi connectivity index (χ4n) is 5.05. The Labute approximate surface area is 232 Å². The summed E-state index contributed by atoms with van der Waals surface area (Å²) in [6.07, 6.45) is 11.9. The van der Waals surface area contributed by atoms with Crippen molar-refractivity contribution in [1.82, 2.24) is 4.90 Å². The second-order valence-electron chi connectivity index (χ2n) is 10.2. The molecule has 6 nitrogen and oxygen atoms in total. The van der Waals surface area contributed by atoms with Crippen LogP contribution in [0.3, 0.4) is 0 Å². The molecule has 0 heterocycles. The van der Waals surface area contributed by atoms with Crippen molar-refractivity contribution in [2.75, 3.05) is 30.3 Å². The van der Waals surface area contributed by atoms with Gasteiger partial charge in [-0.25, -0.2) is 4.79 Å². The summed E-state index contributed by atoms with van der Waals surface area (Å²) in [7, 11) is 0. The van der Waals surface area contributed by atoms with Crippen LogP contribution in [0.15, 0.2) is 78.9 Å². The van der Waals surface area contributed by atoms with Gasteiger partial charge in [-0.1, -0.05) is 92.1 Å². The standard InChI is InChI=1S/C33H40N4O2/c34-23-9-10-24-37(25-32(38)35-30-21-19-28(20-22-30)27-13-5-2-6-14-27)33(39)36-31-16-8-7-15-29(31)18-17-26-11-3-1-4-12-26/h1,3-4,7-8,11-12,15-22,27H,2,5-6,9-10,13-14,23-25,34H2,(H,35,38)(H,36,39). The van der Waals surface area contributed by atoms with E-state index < -0.39 is 0 Å². The fraction of sp³-hybridized carbons (Fsp3) is 0.333. The number of nitrogens with zero attached hydrogens (tertiary/aromatic N) is 1. The van der Waals surface area contributed by atoms with Gasteiger partial charge in [-0.3, -0.25) is 4.79 Å². The number of para-hydroxylation sites is 1. The van der Waals surface area contributed by atoms with Gasteiger partial charge in [0.1, 0.15) is 6.54 Å². The van der Waals surface area contributed by atoms with Crippen LogP contribution in [0.2, 0.25) is 0 Å². The third-order valence-corrected chi connectivity index (χ3v) is 7.23. The summed E-state index contributed by atoms with van der Waals surface area (Å²) in [6, 6.07) is 25.5. The Hall–Kier alpha value is -3.90. The SMILES string of the molecule is NCCCCN(CC(=O)Nc1ccc(C2CCCCC2)cc1)C(=O)Nc1ccccc1C=Cc1ccccc1. The van der Waals surface area contributed by atoms with Crippen molar-refractivity contribution in [2.24, 2.45) is 5.73 Å². The molecule has 3 aromatic rings. The predicted molar refractivity (Wildman–Crippen MR) is 162 cm³/mol. The minimum absolute atomic E-state index is 0.0389. The molecule has 1 aliphatic rings. The molecule has 1 fully saturated rings. The van der Waals surface area contributed by atoms with Crippen molar-refractivity contribution >= 4 is 35.5 Å². The Morgan fingerprint density at radius 1 is 0.821 bits per heavy atom. The van der Waals surface area contributed by atoms with Gasteiger partial charge < -0.3 is 21.3 Å². The molecule has 0 unspecified atom stereocenters. The van der Waals surface area contributed by atoms with Crippen LogP contribution in [-0.4, -0.2) is 36.5 Å². The lowest BCUT2D eigenvalue weighted by Gasteiger charge is -2.24. The van der Waals surface area contributed by atoms with Crippen LogP contribution in [0.5, 0.6) is 0 Å². The highest BCUT2D eigenvalue weighted by Gasteiger charge is 2.19. The molecule has 1 aliphatic carbocycles. The highest BCUT2D eigenvalue weighted by Crippen LogP contribution is 2.33. The second-order valence-corrected chi connectivity index (χ2v) is 10.2. The minimum Gasteiger partial charge on any atom is -0.330 e. The summed E-state index contributed by atoms with van der Waals surface area (Å²) < 4.78 is 0. The van der Waals surface area contributed by atoms with E-state index in [0.29, 0.717) is 24.7 Å². The summed E-state index contributed by atoms with van der Waals surface area (Å²) in [5, 5.41) is 5.98. The van der Waals surface area contributed by atoms with Crippen LogP contribution in [0.4, 0.5) is 16.2 Å². The van der Waals surface area contributed by atoms with E-state index in [0.717, 1.165) is 29.7 Å². The van der Waals surface area contributed by atoms with Crippen molar-refractivity contribution in [1.29, 1.82) is 0 Å². The number of carbonyl (C=O) groups excluding carboxylic acids is 2. The number of nitrogens with two attached hydrogens (primary N) is 1. The summed E-state index contributed by atoms with van der Waals surface area (Å²) in [4.78, 5) is 27.8. The Bertz CT molecular complexity index is 1220. The first kappa shape index (κ1) is 28.1. The number of anilines is 2. The maximum atomic E-state index is 13.3. The molecule has 0 spiro atoms. The lowest BCUT2D eigenvalue weighted by Crippen LogP contribution is -2.41. The largest absolute Gasteiger partial charge is 0.330 e. The molecule has 3 aromatic carbocycles. The van der Waals surface area contributed by atoms with Gasteiger partial charge in [0.25, 0.3) is 0 Å². The summed E-state index contributed by atoms with van der Waals surface area (Å²) in [5.41, 5.74) is 10.4. The summed E-state index contributed by atoms with van der Waals surface area (Å²) >= 11 is 0. The number of carbonyl (C=O) groups is 2. The van der Waals surface area contributed by atoms with Crippen molar-refractivity contribution < 1.29 is 9.59 Å². The fourth-order valence-corrected chi connectivity index (χ4v) is 5.05. The van der Waals surface area contributed by atoms with Crippen LogP contribution >= 0.6 is 0 Å². The van der Waals surface area contributed by atoms with Gasteiger partial charge in [0.2, 0.25) is 5.91 Å². The average molecular weight is 525 g/mol. The van der Waals surface area contributed by atoms with E-state index in [-0.39, 0.29) is 18.5 Å². The first-order chi connectivity index (χ1) is 19.1. The van der Waals surface area contributed by atoms with Crippen molar-refractivity contribution in [2.45, 2.75) is 50.9 Å². The van der Waals surface area contributed by atoms with E-state index in [1.807, 2.05) is 78.9 Å². The van der Waals surface area contributed by atoms with Crippen LogP contribution in [0, 0.1) is 0 Å². The van der Waals surface area contributed by atoms with E-state index in [1.54, 1.807) is 4.90 Å². The molecule has 6 heteroatoms. The van der Waals surface area contributed by atoms with Gasteiger partial charge in [-0.15, -0.1) is 0 Å². The third-order valence-electron chi connectivity index (χ3n) is 7.23. The Kier molecular flexibility index (Phi) is 10.7. The topological polar surface area (TPSA) is 87.5 Å². The van der Waals surface area contributed by atoms with E-state index in [1.165, 1.54) is 37.7 Å². The molecule has 0 bridgehead atoms. The molecular formula is C33H40N4O2. The highest BCUT2D eigenvalue weighted by atomic mass is 16.2. The second kappa shape index (κ2) is 14.9. The minimum atomic E-state index is -0.310. The highest BCUT2D eigenvalue weighted by molar-refractivity contribution is 5.98. The molecule has 0 radical (unpaired) electrons. The molecule has 4 N–H and O–H groups in total. The smallest absolute Gasteiger partial charge is 0.322 e. The van der Waals surface area contributed by atoms with Crippen LogP contribution in [-0.2, 0) is 4.79 Å². The number of urea groups is 1. The number of rotatable bonds is 11. The van der Waals surface area contributed by atoms with Crippen molar-refractivity contribution in [3.05, 3.63) is 95.6 Å². The molecule has 0 aromatic heterocycles. The Morgan fingerprint density at radius 3 is 2.28 bits per heavy atom. The lowest BCUT2D eigenvalue weighted by molar-refractivity contribution is -0.116. The number of amides is 3. The van der Waals surface area contributed by atoms with Crippen LogP contribution in [0.1, 0.15) is 67.6 Å². The molecular weight excluding hydrogens is 484 g/mol. The molecule has 1 saturated carbocycles. The van der Waals surface area contributed by atoms with Gasteiger partial charge in [0.05, 0.1) is 0 Å². The first-order valence-electron chi connectivity index (χ1n) is 14.1. The maximum absolute atomic E-state index is 13.3. The molecule has 4 rings (SSSR count). The van der Waals surface area contributed by atoms with Gasteiger partial charge in [0, 0.05) is 17.9 Å². The summed E-state index contributed by atoms with van der Waals surface area (Å²) in [6.45, 7) is 0.948. The zero-order valence-corrected chi connectivity index (χ0v) is 22.6. The van der Waals surface area contributed by atoms with Gasteiger partial charge in [0.15, 0.2) is 0 Å². The van der Waals surface area contributed by atoms with Gasteiger partial charge in [-0.05, 0) is 73.0 Å². The maximum Gasteiger partial charge on any atom is 0.322 e. The lowest BCUT2D eigenvalue weighted by atomic mass is 9.84. The third kappa shape index (κ3) is 8.82. The zero-order chi connectivity index (χ0) is 27.3. The number of hydrogen-bond donors (Lipinski definition) is 3.